The quantitative estimate of drug-likeness (QED) is 0.731. The highest BCUT2D eigenvalue weighted by molar-refractivity contribution is 7.98. The van der Waals surface area contributed by atoms with Crippen LogP contribution in [0.1, 0.15) is 6.42 Å². The zero-order valence-electron chi connectivity index (χ0n) is 9.93. The van der Waals surface area contributed by atoms with Crippen molar-refractivity contribution in [2.75, 3.05) is 30.9 Å². The monoisotopic (exact) mass is 275 g/mol. The summed E-state index contributed by atoms with van der Waals surface area (Å²) in [6, 6.07) is 2.99. The standard InChI is InChI=1S/C10H17N3O2S2/c1-11-10-8-9(4-6-12-10)17(14,15)13-5-3-7-16-2/h4,6,8,13H,3,5,7H2,1-2H3,(H,11,12). The topological polar surface area (TPSA) is 71.1 Å². The largest absolute Gasteiger partial charge is 0.373 e. The molecule has 7 heteroatoms. The number of thioether (sulfide) groups is 1. The van der Waals surface area contributed by atoms with Gasteiger partial charge in [0.25, 0.3) is 0 Å². The molecule has 0 aliphatic heterocycles. The zero-order chi connectivity index (χ0) is 12.7. The lowest BCUT2D eigenvalue weighted by Crippen LogP contribution is -2.25. The highest BCUT2D eigenvalue weighted by Gasteiger charge is 2.13. The Bertz CT molecular complexity index is 449. The summed E-state index contributed by atoms with van der Waals surface area (Å²) in [5.74, 6) is 1.48. The van der Waals surface area contributed by atoms with Crippen molar-refractivity contribution in [2.24, 2.45) is 0 Å². The number of sulfonamides is 1. The van der Waals surface area contributed by atoms with Gasteiger partial charge >= 0.3 is 0 Å². The summed E-state index contributed by atoms with van der Waals surface area (Å²) < 4.78 is 26.3. The second-order valence-corrected chi connectivity index (χ2v) is 6.12. The third-order valence-electron chi connectivity index (χ3n) is 2.12. The molecule has 0 atom stereocenters. The van der Waals surface area contributed by atoms with Crippen LogP contribution in [0, 0.1) is 0 Å². The van der Waals surface area contributed by atoms with Gasteiger partial charge in [0.05, 0.1) is 4.90 Å². The number of rotatable bonds is 7. The van der Waals surface area contributed by atoms with Crippen LogP contribution in [0.15, 0.2) is 23.2 Å². The van der Waals surface area contributed by atoms with Crippen molar-refractivity contribution in [1.82, 2.24) is 9.71 Å². The fourth-order valence-corrected chi connectivity index (χ4v) is 2.74. The summed E-state index contributed by atoms with van der Waals surface area (Å²) in [5.41, 5.74) is 0. The van der Waals surface area contributed by atoms with E-state index in [1.165, 1.54) is 18.3 Å². The molecule has 1 heterocycles. The normalized spacial score (nSPS) is 11.4. The minimum absolute atomic E-state index is 0.237. The van der Waals surface area contributed by atoms with Gasteiger partial charge in [-0.25, -0.2) is 18.1 Å². The van der Waals surface area contributed by atoms with E-state index in [4.69, 9.17) is 0 Å². The summed E-state index contributed by atoms with van der Waals surface area (Å²) in [6.07, 6.45) is 4.29. The number of hydrogen-bond acceptors (Lipinski definition) is 5. The average Bonchev–Trinajstić information content (AvgIpc) is 2.35. The molecule has 0 saturated heterocycles. The maximum atomic E-state index is 11.9. The highest BCUT2D eigenvalue weighted by Crippen LogP contribution is 2.11. The van der Waals surface area contributed by atoms with Crippen LogP contribution in [0.3, 0.4) is 0 Å². The second-order valence-electron chi connectivity index (χ2n) is 3.37. The molecule has 5 nitrogen and oxygen atoms in total. The van der Waals surface area contributed by atoms with Crippen LogP contribution in [0.5, 0.6) is 0 Å². The van der Waals surface area contributed by atoms with E-state index in [-0.39, 0.29) is 4.90 Å². The Kier molecular flexibility index (Phi) is 5.73. The lowest BCUT2D eigenvalue weighted by molar-refractivity contribution is 0.581. The molecule has 1 aromatic heterocycles. The van der Waals surface area contributed by atoms with Crippen LogP contribution >= 0.6 is 11.8 Å². The van der Waals surface area contributed by atoms with Crippen molar-refractivity contribution >= 4 is 27.6 Å². The minimum atomic E-state index is -3.41. The Morgan fingerprint density at radius 1 is 1.47 bits per heavy atom. The van der Waals surface area contributed by atoms with Crippen molar-refractivity contribution in [3.8, 4) is 0 Å². The lowest BCUT2D eigenvalue weighted by atomic mass is 10.5. The number of nitrogens with one attached hydrogen (secondary N) is 2. The molecule has 0 aliphatic carbocycles. The molecule has 2 N–H and O–H groups in total. The molecule has 0 radical (unpaired) electrons. The van der Waals surface area contributed by atoms with E-state index in [0.717, 1.165) is 12.2 Å². The number of hydrogen-bond donors (Lipinski definition) is 2. The Hall–Kier alpha value is -0.790. The van der Waals surface area contributed by atoms with Crippen LogP contribution in [0.4, 0.5) is 5.82 Å². The van der Waals surface area contributed by atoms with Crippen LogP contribution in [-0.2, 0) is 10.0 Å². The van der Waals surface area contributed by atoms with Crippen molar-refractivity contribution in [1.29, 1.82) is 0 Å². The van der Waals surface area contributed by atoms with Crippen molar-refractivity contribution < 1.29 is 8.42 Å². The predicted molar refractivity (Wildman–Crippen MR) is 72.0 cm³/mol. The van der Waals surface area contributed by atoms with E-state index in [1.807, 2.05) is 6.26 Å². The molecule has 0 spiro atoms. The Morgan fingerprint density at radius 2 is 2.24 bits per heavy atom. The van der Waals surface area contributed by atoms with E-state index < -0.39 is 10.0 Å². The summed E-state index contributed by atoms with van der Waals surface area (Å²) in [5, 5.41) is 2.81. The van der Waals surface area contributed by atoms with Gasteiger partial charge in [-0.3, -0.25) is 0 Å². The number of anilines is 1. The fourth-order valence-electron chi connectivity index (χ4n) is 1.22. The molecule has 96 valence electrons. The molecule has 17 heavy (non-hydrogen) atoms. The zero-order valence-corrected chi connectivity index (χ0v) is 11.6. The number of aromatic nitrogens is 1. The second kappa shape index (κ2) is 6.83. The first-order valence-corrected chi connectivity index (χ1v) is 8.10. The van der Waals surface area contributed by atoms with Gasteiger partial charge in [-0.2, -0.15) is 11.8 Å². The first-order chi connectivity index (χ1) is 8.10. The first-order valence-electron chi connectivity index (χ1n) is 5.22. The van der Waals surface area contributed by atoms with Gasteiger partial charge in [-0.15, -0.1) is 0 Å². The van der Waals surface area contributed by atoms with E-state index >= 15 is 0 Å². The summed E-state index contributed by atoms with van der Waals surface area (Å²) in [6.45, 7) is 0.459. The fraction of sp³-hybridized carbons (Fsp3) is 0.500. The molecule has 0 fully saturated rings. The SMILES string of the molecule is CNc1cc(S(=O)(=O)NCCCSC)ccn1. The number of nitrogens with zero attached hydrogens (tertiary/aromatic N) is 1. The third kappa shape index (κ3) is 4.53. The van der Waals surface area contributed by atoms with Gasteiger partial charge in [-0.05, 0) is 24.5 Å². The molecule has 0 aromatic carbocycles. The van der Waals surface area contributed by atoms with Crippen molar-refractivity contribution in [3.63, 3.8) is 0 Å². The molecule has 0 amide bonds. The average molecular weight is 275 g/mol. The smallest absolute Gasteiger partial charge is 0.240 e. The molecule has 0 bridgehead atoms. The molecule has 0 aliphatic rings. The maximum Gasteiger partial charge on any atom is 0.240 e. The summed E-state index contributed by atoms with van der Waals surface area (Å²) in [4.78, 5) is 4.21. The van der Waals surface area contributed by atoms with Gasteiger partial charge in [0.2, 0.25) is 10.0 Å². The third-order valence-corrected chi connectivity index (χ3v) is 4.27. The van der Waals surface area contributed by atoms with E-state index in [1.54, 1.807) is 18.8 Å². The van der Waals surface area contributed by atoms with Crippen LogP contribution in [0.2, 0.25) is 0 Å². The van der Waals surface area contributed by atoms with Gasteiger partial charge in [0.15, 0.2) is 0 Å². The minimum Gasteiger partial charge on any atom is -0.373 e. The highest BCUT2D eigenvalue weighted by atomic mass is 32.2. The molecule has 0 saturated carbocycles. The summed E-state index contributed by atoms with van der Waals surface area (Å²) in [7, 11) is -1.71. The molecule has 1 aromatic rings. The molecular formula is C10H17N3O2S2. The van der Waals surface area contributed by atoms with Gasteiger partial charge in [0.1, 0.15) is 5.82 Å². The van der Waals surface area contributed by atoms with E-state index in [9.17, 15) is 8.42 Å². The van der Waals surface area contributed by atoms with Gasteiger partial charge < -0.3 is 5.32 Å². The Balaban J connectivity index is 2.68. The van der Waals surface area contributed by atoms with Gasteiger partial charge in [0, 0.05) is 25.9 Å². The van der Waals surface area contributed by atoms with Crippen molar-refractivity contribution in [3.05, 3.63) is 18.3 Å². The van der Waals surface area contributed by atoms with Crippen molar-refractivity contribution in [2.45, 2.75) is 11.3 Å². The Morgan fingerprint density at radius 3 is 2.88 bits per heavy atom. The number of pyridine rings is 1. The Labute approximate surface area is 106 Å². The molecule has 0 unspecified atom stereocenters. The van der Waals surface area contributed by atoms with Crippen LogP contribution in [-0.4, -0.2) is 39.0 Å². The molecular weight excluding hydrogens is 258 g/mol. The maximum absolute atomic E-state index is 11.9. The predicted octanol–water partition coefficient (Wildman–Crippen LogP) is 1.15. The lowest BCUT2D eigenvalue weighted by Gasteiger charge is -2.07. The van der Waals surface area contributed by atoms with Crippen LogP contribution in [0.25, 0.3) is 0 Å². The first kappa shape index (κ1) is 14.3. The van der Waals surface area contributed by atoms with E-state index in [0.29, 0.717) is 12.4 Å². The van der Waals surface area contributed by atoms with Crippen LogP contribution < -0.4 is 10.0 Å². The molecule has 1 rings (SSSR count). The van der Waals surface area contributed by atoms with E-state index in [2.05, 4.69) is 15.0 Å². The summed E-state index contributed by atoms with van der Waals surface area (Å²) >= 11 is 1.70. The van der Waals surface area contributed by atoms with Gasteiger partial charge in [-0.1, -0.05) is 0 Å².